The molecule has 1 aliphatic rings. The molecule has 2 N–H and O–H groups in total. The average Bonchev–Trinajstić information content (AvgIpc) is 2.73. The smallest absolute Gasteiger partial charge is 0.282 e. The van der Waals surface area contributed by atoms with Crippen molar-refractivity contribution in [1.82, 2.24) is 4.31 Å². The van der Waals surface area contributed by atoms with Gasteiger partial charge in [-0.25, -0.2) is 12.8 Å². The first-order valence-corrected chi connectivity index (χ1v) is 11.3. The van der Waals surface area contributed by atoms with Crippen LogP contribution in [0.4, 0.5) is 10.1 Å². The molecule has 1 amide bonds. The predicted octanol–water partition coefficient (Wildman–Crippen LogP) is 1.40. The Morgan fingerprint density at radius 3 is 2.53 bits per heavy atom. The van der Waals surface area contributed by atoms with E-state index in [0.717, 1.165) is 11.0 Å². The molecule has 0 saturated carbocycles. The maximum atomic E-state index is 14.0. The Morgan fingerprint density at radius 2 is 1.90 bits per heavy atom. The van der Waals surface area contributed by atoms with Gasteiger partial charge in [-0.3, -0.25) is 4.79 Å². The number of quaternary nitrogens is 1. The molecule has 1 saturated heterocycles. The van der Waals surface area contributed by atoms with Crippen LogP contribution in [0.15, 0.2) is 47.4 Å². The molecule has 1 fully saturated rings. The Bertz CT molecular complexity index is 1030. The first-order valence-electron chi connectivity index (χ1n) is 9.47. The van der Waals surface area contributed by atoms with Crippen LogP contribution in [0.1, 0.15) is 6.92 Å². The standard InChI is InChI=1S/C20H23ClFN3O4S/c1-14(20(26)23-17-13-15(21)7-8-18(17)29-2)24-9-11-25(12-10-24)30(27,28)19-6-4-3-5-16(19)22/h3-8,13-14H,9-12H2,1-2H3,(H,23,26)/p+1/t14-/m0/s1. The van der Waals surface area contributed by atoms with Crippen LogP contribution in [0, 0.1) is 5.82 Å². The Kier molecular flexibility index (Phi) is 6.97. The van der Waals surface area contributed by atoms with Crippen LogP contribution in [0.2, 0.25) is 5.02 Å². The fourth-order valence-corrected chi connectivity index (χ4v) is 5.12. The Labute approximate surface area is 180 Å². The third-order valence-corrected chi connectivity index (χ3v) is 7.41. The van der Waals surface area contributed by atoms with Gasteiger partial charge in [-0.15, -0.1) is 0 Å². The van der Waals surface area contributed by atoms with E-state index in [2.05, 4.69) is 5.32 Å². The van der Waals surface area contributed by atoms with Gasteiger partial charge in [0.25, 0.3) is 5.91 Å². The number of methoxy groups -OCH3 is 1. The van der Waals surface area contributed by atoms with Gasteiger partial charge in [0.05, 0.1) is 39.0 Å². The quantitative estimate of drug-likeness (QED) is 0.688. The molecule has 162 valence electrons. The zero-order chi connectivity index (χ0) is 21.9. The van der Waals surface area contributed by atoms with Crippen molar-refractivity contribution >= 4 is 33.2 Å². The number of rotatable bonds is 6. The molecule has 1 heterocycles. The molecule has 2 aromatic carbocycles. The molecule has 0 bridgehead atoms. The average molecular weight is 457 g/mol. The summed E-state index contributed by atoms with van der Waals surface area (Å²) in [6.45, 7) is 3.03. The van der Waals surface area contributed by atoms with Crippen molar-refractivity contribution in [2.45, 2.75) is 17.9 Å². The lowest BCUT2D eigenvalue weighted by atomic mass is 10.2. The van der Waals surface area contributed by atoms with Gasteiger partial charge in [0.2, 0.25) is 10.0 Å². The summed E-state index contributed by atoms with van der Waals surface area (Å²) < 4.78 is 45.9. The molecule has 0 radical (unpaired) electrons. The van der Waals surface area contributed by atoms with Gasteiger partial charge in [0.1, 0.15) is 16.5 Å². The first kappa shape index (κ1) is 22.5. The number of benzene rings is 2. The first-order chi connectivity index (χ1) is 14.2. The maximum Gasteiger partial charge on any atom is 0.282 e. The molecule has 1 atom stereocenters. The van der Waals surface area contributed by atoms with Crippen molar-refractivity contribution in [1.29, 1.82) is 0 Å². The van der Waals surface area contributed by atoms with Gasteiger partial charge in [0.15, 0.2) is 6.04 Å². The predicted molar refractivity (Wildman–Crippen MR) is 112 cm³/mol. The second-order valence-corrected chi connectivity index (χ2v) is 9.39. The number of sulfonamides is 1. The number of piperazine rings is 1. The number of nitrogens with zero attached hydrogens (tertiary/aromatic N) is 1. The lowest BCUT2D eigenvalue weighted by Crippen LogP contribution is -3.19. The van der Waals surface area contributed by atoms with Crippen LogP contribution < -0.4 is 15.0 Å². The number of anilines is 1. The minimum atomic E-state index is -3.91. The third-order valence-electron chi connectivity index (χ3n) is 5.24. The molecule has 1 aliphatic heterocycles. The summed E-state index contributed by atoms with van der Waals surface area (Å²) in [6.07, 6.45) is 0. The Hall–Kier alpha value is -2.20. The van der Waals surface area contributed by atoms with E-state index in [9.17, 15) is 17.6 Å². The maximum absolute atomic E-state index is 14.0. The van der Waals surface area contributed by atoms with Crippen molar-refractivity contribution in [3.8, 4) is 5.75 Å². The van der Waals surface area contributed by atoms with E-state index in [1.165, 1.54) is 29.6 Å². The van der Waals surface area contributed by atoms with Crippen molar-refractivity contribution in [2.75, 3.05) is 38.6 Å². The summed E-state index contributed by atoms with van der Waals surface area (Å²) in [5.41, 5.74) is 0.474. The summed E-state index contributed by atoms with van der Waals surface area (Å²) in [7, 11) is -2.41. The van der Waals surface area contributed by atoms with Crippen molar-refractivity contribution < 1.29 is 27.2 Å². The number of carbonyl (C=O) groups is 1. The lowest BCUT2D eigenvalue weighted by molar-refractivity contribution is -0.917. The number of hydrogen-bond donors (Lipinski definition) is 2. The molecule has 3 rings (SSSR count). The van der Waals surface area contributed by atoms with Gasteiger partial charge in [-0.05, 0) is 37.3 Å². The number of hydrogen-bond acceptors (Lipinski definition) is 4. The molecule has 0 aliphatic carbocycles. The van der Waals surface area contributed by atoms with Crippen molar-refractivity contribution in [3.63, 3.8) is 0 Å². The minimum absolute atomic E-state index is 0.199. The monoisotopic (exact) mass is 456 g/mol. The van der Waals surface area contributed by atoms with Gasteiger partial charge in [-0.2, -0.15) is 4.31 Å². The number of halogens is 2. The van der Waals surface area contributed by atoms with Gasteiger partial charge >= 0.3 is 0 Å². The highest BCUT2D eigenvalue weighted by Crippen LogP contribution is 2.27. The van der Waals surface area contributed by atoms with Crippen LogP contribution >= 0.6 is 11.6 Å². The number of amides is 1. The van der Waals surface area contributed by atoms with Gasteiger partial charge in [0, 0.05) is 5.02 Å². The lowest BCUT2D eigenvalue weighted by Gasteiger charge is -2.34. The van der Waals surface area contributed by atoms with Crippen LogP contribution in [-0.2, 0) is 14.8 Å². The van der Waals surface area contributed by atoms with Crippen molar-refractivity contribution in [3.05, 3.63) is 53.3 Å². The second kappa shape index (κ2) is 9.30. The molecule has 0 aromatic heterocycles. The number of nitrogens with one attached hydrogen (secondary N) is 2. The van der Waals surface area contributed by atoms with Gasteiger partial charge < -0.3 is 15.0 Å². The van der Waals surface area contributed by atoms with Crippen LogP contribution in [0.5, 0.6) is 5.75 Å². The van der Waals surface area contributed by atoms with Crippen LogP contribution in [0.25, 0.3) is 0 Å². The third kappa shape index (κ3) is 4.75. The van der Waals surface area contributed by atoms with E-state index in [0.29, 0.717) is 29.5 Å². The molecule has 10 heteroatoms. The summed E-state index contributed by atoms with van der Waals surface area (Å²) in [4.78, 5) is 13.3. The normalized spacial score (nSPS) is 16.8. The zero-order valence-corrected chi connectivity index (χ0v) is 18.3. The van der Waals surface area contributed by atoms with E-state index in [1.54, 1.807) is 25.1 Å². The highest BCUT2D eigenvalue weighted by atomic mass is 35.5. The SMILES string of the molecule is COc1ccc(Cl)cc1NC(=O)[C@H](C)[NH+]1CCN(S(=O)(=O)c2ccccc2F)CC1. The Morgan fingerprint density at radius 1 is 1.23 bits per heavy atom. The number of carbonyl (C=O) groups excluding carboxylic acids is 1. The highest BCUT2D eigenvalue weighted by molar-refractivity contribution is 7.89. The summed E-state index contributed by atoms with van der Waals surface area (Å²) >= 11 is 6.00. The van der Waals surface area contributed by atoms with Gasteiger partial charge in [-0.1, -0.05) is 23.7 Å². The fourth-order valence-electron chi connectivity index (χ4n) is 3.44. The molecular formula is C20H24ClFN3O4S+. The molecule has 7 nitrogen and oxygen atoms in total. The molecular weight excluding hydrogens is 433 g/mol. The fraction of sp³-hybridized carbons (Fsp3) is 0.350. The van der Waals surface area contributed by atoms with E-state index in [1.807, 2.05) is 0 Å². The number of ether oxygens (including phenoxy) is 1. The van der Waals surface area contributed by atoms with E-state index in [4.69, 9.17) is 16.3 Å². The summed E-state index contributed by atoms with van der Waals surface area (Å²) in [6, 6.07) is 9.86. The summed E-state index contributed by atoms with van der Waals surface area (Å²) in [5.74, 6) is -0.498. The topological polar surface area (TPSA) is 80.2 Å². The highest BCUT2D eigenvalue weighted by Gasteiger charge is 2.35. The molecule has 0 spiro atoms. The zero-order valence-electron chi connectivity index (χ0n) is 16.7. The summed E-state index contributed by atoms with van der Waals surface area (Å²) in [5, 5.41) is 3.29. The molecule has 30 heavy (non-hydrogen) atoms. The molecule has 2 aromatic rings. The second-order valence-electron chi connectivity index (χ2n) is 7.05. The largest absolute Gasteiger partial charge is 0.495 e. The molecule has 0 unspecified atom stereocenters. The van der Waals surface area contributed by atoms with Crippen LogP contribution in [0.3, 0.4) is 0 Å². The Balaban J connectivity index is 1.64. The van der Waals surface area contributed by atoms with E-state index < -0.39 is 21.9 Å². The van der Waals surface area contributed by atoms with Crippen LogP contribution in [-0.4, -0.2) is 58.0 Å². The van der Waals surface area contributed by atoms with E-state index in [-0.39, 0.29) is 23.9 Å². The minimum Gasteiger partial charge on any atom is -0.495 e. The van der Waals surface area contributed by atoms with Crippen molar-refractivity contribution in [2.24, 2.45) is 0 Å². The van der Waals surface area contributed by atoms with E-state index >= 15 is 0 Å².